The number of methoxy groups -OCH3 is 1. The Morgan fingerprint density at radius 2 is 1.86 bits per heavy atom. The van der Waals surface area contributed by atoms with Gasteiger partial charge < -0.3 is 14.4 Å². The highest BCUT2D eigenvalue weighted by Crippen LogP contribution is 2.35. The molecular formula is C26H26N4O4S2. The number of morpholine rings is 1. The van der Waals surface area contributed by atoms with Gasteiger partial charge in [-0.1, -0.05) is 42.2 Å². The van der Waals surface area contributed by atoms with E-state index in [1.54, 1.807) is 36.4 Å². The van der Waals surface area contributed by atoms with E-state index in [4.69, 9.17) is 26.7 Å². The molecule has 186 valence electrons. The minimum Gasteiger partial charge on any atom is -0.497 e. The first-order chi connectivity index (χ1) is 17.3. The molecule has 2 fully saturated rings. The van der Waals surface area contributed by atoms with Gasteiger partial charge in [-0.2, -0.15) is 0 Å². The number of hydrogen-bond acceptors (Lipinski definition) is 8. The zero-order valence-corrected chi connectivity index (χ0v) is 21.8. The molecule has 2 atom stereocenters. The number of rotatable bonds is 5. The molecule has 3 aromatic rings. The number of pyridine rings is 1. The number of thiocarbonyl (C=S) groups is 1. The molecule has 0 bridgehead atoms. The van der Waals surface area contributed by atoms with Gasteiger partial charge in [0.25, 0.3) is 11.5 Å². The summed E-state index contributed by atoms with van der Waals surface area (Å²) >= 11 is 6.73. The lowest BCUT2D eigenvalue weighted by atomic mass is 10.1. The number of carbonyl (C=O) groups is 1. The topological polar surface area (TPSA) is 76.4 Å². The first kappa shape index (κ1) is 24.5. The van der Waals surface area contributed by atoms with E-state index in [1.165, 1.54) is 16.2 Å². The molecule has 0 radical (unpaired) electrons. The summed E-state index contributed by atoms with van der Waals surface area (Å²) in [7, 11) is 1.61. The average molecular weight is 523 g/mol. The largest absolute Gasteiger partial charge is 0.497 e. The number of thioether (sulfide) groups is 1. The van der Waals surface area contributed by atoms with Crippen molar-refractivity contribution in [2.24, 2.45) is 0 Å². The first-order valence-electron chi connectivity index (χ1n) is 11.6. The second-order valence-corrected chi connectivity index (χ2v) is 10.5. The van der Waals surface area contributed by atoms with Gasteiger partial charge in [-0.3, -0.25) is 18.9 Å². The Bertz CT molecular complexity index is 1410. The van der Waals surface area contributed by atoms with Crippen LogP contribution in [0, 0.1) is 0 Å². The van der Waals surface area contributed by atoms with Crippen LogP contribution in [-0.2, 0) is 16.1 Å². The number of anilines is 1. The number of carbonyl (C=O) groups excluding carboxylic acids is 1. The number of amides is 1. The predicted molar refractivity (Wildman–Crippen MR) is 145 cm³/mol. The van der Waals surface area contributed by atoms with Crippen LogP contribution >= 0.6 is 24.0 Å². The molecule has 0 saturated carbocycles. The molecule has 0 N–H and O–H groups in total. The molecule has 5 rings (SSSR count). The van der Waals surface area contributed by atoms with E-state index in [1.807, 2.05) is 44.2 Å². The molecule has 2 saturated heterocycles. The molecule has 4 heterocycles. The molecular weight excluding hydrogens is 496 g/mol. The SMILES string of the molecule is COc1ccc(CN2C(=O)/C(=C/c3c(N4CC(C)OC(C)C4)nc4ccccn4c3=O)SC2=S)cc1. The molecule has 0 aliphatic carbocycles. The summed E-state index contributed by atoms with van der Waals surface area (Å²) < 4.78 is 13.1. The quantitative estimate of drug-likeness (QED) is 0.371. The Balaban J connectivity index is 1.53. The molecule has 1 amide bonds. The molecule has 10 heteroatoms. The third-order valence-corrected chi connectivity index (χ3v) is 7.49. The van der Waals surface area contributed by atoms with Crippen molar-refractivity contribution in [3.05, 3.63) is 75.0 Å². The summed E-state index contributed by atoms with van der Waals surface area (Å²) in [5.74, 6) is 1.06. The number of hydrogen-bond donors (Lipinski definition) is 0. The number of ether oxygens (including phenoxy) is 2. The standard InChI is InChI=1S/C26H26N4O4S2/c1-16-13-28(14-17(2)34-16)23-20(24(31)29-11-5-4-6-22(29)27-23)12-21-25(32)30(26(35)36-21)15-18-7-9-19(33-3)10-8-18/h4-12,16-17H,13-15H2,1-3H3/b21-12-. The minimum absolute atomic E-state index is 0.0136. The molecule has 2 aromatic heterocycles. The molecule has 36 heavy (non-hydrogen) atoms. The van der Waals surface area contributed by atoms with Crippen LogP contribution in [0.25, 0.3) is 11.7 Å². The van der Waals surface area contributed by atoms with E-state index in [0.717, 1.165) is 11.3 Å². The number of aromatic nitrogens is 2. The Kier molecular flexibility index (Phi) is 6.83. The maximum atomic E-state index is 13.6. The van der Waals surface area contributed by atoms with Crippen LogP contribution in [0.4, 0.5) is 5.82 Å². The van der Waals surface area contributed by atoms with E-state index in [-0.39, 0.29) is 23.7 Å². The van der Waals surface area contributed by atoms with Crippen molar-refractivity contribution < 1.29 is 14.3 Å². The fraction of sp³-hybridized carbons (Fsp3) is 0.308. The minimum atomic E-state index is -0.233. The van der Waals surface area contributed by atoms with Crippen LogP contribution in [-0.4, -0.2) is 56.9 Å². The van der Waals surface area contributed by atoms with Gasteiger partial charge in [0, 0.05) is 19.3 Å². The van der Waals surface area contributed by atoms with Gasteiger partial charge in [0.1, 0.15) is 21.5 Å². The third kappa shape index (κ3) is 4.76. The molecule has 2 unspecified atom stereocenters. The van der Waals surface area contributed by atoms with Crippen molar-refractivity contribution in [2.45, 2.75) is 32.6 Å². The maximum Gasteiger partial charge on any atom is 0.267 e. The fourth-order valence-corrected chi connectivity index (χ4v) is 5.73. The lowest BCUT2D eigenvalue weighted by Crippen LogP contribution is -2.46. The van der Waals surface area contributed by atoms with Gasteiger partial charge >= 0.3 is 0 Å². The first-order valence-corrected chi connectivity index (χ1v) is 12.9. The monoisotopic (exact) mass is 522 g/mol. The van der Waals surface area contributed by atoms with Crippen molar-refractivity contribution in [3.63, 3.8) is 0 Å². The van der Waals surface area contributed by atoms with Crippen LogP contribution in [0.5, 0.6) is 5.75 Å². The molecule has 8 nitrogen and oxygen atoms in total. The lowest BCUT2D eigenvalue weighted by Gasteiger charge is -2.36. The van der Waals surface area contributed by atoms with Gasteiger partial charge in [-0.05, 0) is 49.8 Å². The van der Waals surface area contributed by atoms with Crippen molar-refractivity contribution in [2.75, 3.05) is 25.1 Å². The van der Waals surface area contributed by atoms with Gasteiger partial charge in [-0.25, -0.2) is 4.98 Å². The number of benzene rings is 1. The van der Waals surface area contributed by atoms with Gasteiger partial charge in [-0.15, -0.1) is 0 Å². The van der Waals surface area contributed by atoms with Gasteiger partial charge in [0.15, 0.2) is 0 Å². The number of fused-ring (bicyclic) bond motifs is 1. The highest BCUT2D eigenvalue weighted by atomic mass is 32.2. The Hall–Kier alpha value is -3.21. The van der Waals surface area contributed by atoms with Crippen molar-refractivity contribution >= 4 is 51.7 Å². The molecule has 2 aliphatic heterocycles. The second kappa shape index (κ2) is 10.0. The Morgan fingerprint density at radius 1 is 1.14 bits per heavy atom. The fourth-order valence-electron chi connectivity index (χ4n) is 4.49. The third-order valence-electron chi connectivity index (χ3n) is 6.12. The number of nitrogens with zero attached hydrogens (tertiary/aromatic N) is 4. The summed E-state index contributed by atoms with van der Waals surface area (Å²) in [6.07, 6.45) is 3.30. The van der Waals surface area contributed by atoms with Crippen molar-refractivity contribution in [3.8, 4) is 5.75 Å². The Morgan fingerprint density at radius 3 is 2.56 bits per heavy atom. The predicted octanol–water partition coefficient (Wildman–Crippen LogP) is 3.72. The highest BCUT2D eigenvalue weighted by molar-refractivity contribution is 8.26. The summed E-state index contributed by atoms with van der Waals surface area (Å²) in [5, 5.41) is 0. The van der Waals surface area contributed by atoms with E-state index in [9.17, 15) is 9.59 Å². The molecule has 1 aromatic carbocycles. The maximum absolute atomic E-state index is 13.6. The molecule has 0 spiro atoms. The van der Waals surface area contributed by atoms with Crippen LogP contribution in [0.15, 0.2) is 58.4 Å². The van der Waals surface area contributed by atoms with Crippen LogP contribution in [0.3, 0.4) is 0 Å². The van der Waals surface area contributed by atoms with E-state index in [2.05, 4.69) is 4.90 Å². The van der Waals surface area contributed by atoms with Crippen LogP contribution < -0.4 is 15.2 Å². The summed E-state index contributed by atoms with van der Waals surface area (Å²) in [5.41, 5.74) is 1.61. The van der Waals surface area contributed by atoms with Crippen LogP contribution in [0.1, 0.15) is 25.0 Å². The van der Waals surface area contributed by atoms with Crippen molar-refractivity contribution in [1.82, 2.24) is 14.3 Å². The lowest BCUT2D eigenvalue weighted by molar-refractivity contribution is -0.122. The molecule has 2 aliphatic rings. The zero-order chi connectivity index (χ0) is 25.4. The van der Waals surface area contributed by atoms with Gasteiger partial charge in [0.2, 0.25) is 0 Å². The highest BCUT2D eigenvalue weighted by Gasteiger charge is 2.33. The second-order valence-electron chi connectivity index (χ2n) is 8.86. The van der Waals surface area contributed by atoms with Crippen LogP contribution in [0.2, 0.25) is 0 Å². The van der Waals surface area contributed by atoms with E-state index >= 15 is 0 Å². The Labute approximate surface area is 218 Å². The normalized spacial score (nSPS) is 21.6. The summed E-state index contributed by atoms with van der Waals surface area (Å²) in [4.78, 5) is 35.8. The average Bonchev–Trinajstić information content (AvgIpc) is 3.12. The smallest absolute Gasteiger partial charge is 0.267 e. The summed E-state index contributed by atoms with van der Waals surface area (Å²) in [6, 6.07) is 12.9. The van der Waals surface area contributed by atoms with E-state index in [0.29, 0.717) is 45.9 Å². The van der Waals surface area contributed by atoms with E-state index < -0.39 is 0 Å². The summed E-state index contributed by atoms with van der Waals surface area (Å²) in [6.45, 7) is 5.53. The van der Waals surface area contributed by atoms with Crippen molar-refractivity contribution in [1.29, 1.82) is 0 Å². The zero-order valence-electron chi connectivity index (χ0n) is 20.2. The van der Waals surface area contributed by atoms with Gasteiger partial charge in [0.05, 0.1) is 36.3 Å².